The Balaban J connectivity index is 2.16. The predicted octanol–water partition coefficient (Wildman–Crippen LogP) is 3.09. The van der Waals surface area contributed by atoms with Gasteiger partial charge in [-0.25, -0.2) is 4.98 Å². The van der Waals surface area contributed by atoms with E-state index < -0.39 is 0 Å². The predicted molar refractivity (Wildman–Crippen MR) is 85.0 cm³/mol. The highest BCUT2D eigenvalue weighted by atomic mass is 16.6. The Hall–Kier alpha value is -2.37. The standard InChI is InChI=1S/C16H22N4O2/c1-4-5-10-21-15-8-6-14(7-9-15)16(19-22-13(2)3)20-12-17-11-18-20/h6-9,11-13H,4-5,10H2,1-3H3. The maximum absolute atomic E-state index is 5.66. The fourth-order valence-electron chi connectivity index (χ4n) is 1.73. The summed E-state index contributed by atoms with van der Waals surface area (Å²) < 4.78 is 7.24. The van der Waals surface area contributed by atoms with Gasteiger partial charge in [-0.05, 0) is 44.5 Å². The largest absolute Gasteiger partial charge is 0.494 e. The fourth-order valence-corrected chi connectivity index (χ4v) is 1.73. The molecule has 6 heteroatoms. The number of aromatic nitrogens is 3. The highest BCUT2D eigenvalue weighted by Gasteiger charge is 2.09. The zero-order chi connectivity index (χ0) is 15.8. The van der Waals surface area contributed by atoms with Crippen LogP contribution in [-0.4, -0.2) is 33.3 Å². The molecule has 0 aliphatic rings. The van der Waals surface area contributed by atoms with Gasteiger partial charge in [-0.2, -0.15) is 9.78 Å². The first kappa shape index (κ1) is 16.0. The molecule has 0 spiro atoms. The number of hydrogen-bond acceptors (Lipinski definition) is 5. The summed E-state index contributed by atoms with van der Waals surface area (Å²) in [6.07, 6.45) is 5.22. The highest BCUT2D eigenvalue weighted by Crippen LogP contribution is 2.14. The van der Waals surface area contributed by atoms with Gasteiger partial charge in [0.15, 0.2) is 0 Å². The molecule has 0 bridgehead atoms. The van der Waals surface area contributed by atoms with E-state index in [-0.39, 0.29) is 6.10 Å². The number of oxime groups is 1. The molecule has 1 aromatic heterocycles. The number of ether oxygens (including phenoxy) is 1. The Bertz CT molecular complexity index is 577. The van der Waals surface area contributed by atoms with E-state index in [4.69, 9.17) is 9.57 Å². The van der Waals surface area contributed by atoms with Crippen molar-refractivity contribution in [2.75, 3.05) is 6.61 Å². The van der Waals surface area contributed by atoms with Gasteiger partial charge >= 0.3 is 0 Å². The van der Waals surface area contributed by atoms with Crippen LogP contribution in [0, 0.1) is 0 Å². The molecule has 0 unspecified atom stereocenters. The van der Waals surface area contributed by atoms with Crippen molar-refractivity contribution in [1.29, 1.82) is 0 Å². The lowest BCUT2D eigenvalue weighted by atomic mass is 10.2. The van der Waals surface area contributed by atoms with Crippen molar-refractivity contribution in [3.05, 3.63) is 42.5 Å². The molecule has 2 aromatic rings. The molecule has 0 aliphatic carbocycles. The van der Waals surface area contributed by atoms with Crippen LogP contribution in [0.4, 0.5) is 0 Å². The molecular weight excluding hydrogens is 280 g/mol. The van der Waals surface area contributed by atoms with E-state index >= 15 is 0 Å². The van der Waals surface area contributed by atoms with E-state index in [0.29, 0.717) is 5.84 Å². The topological polar surface area (TPSA) is 61.5 Å². The van der Waals surface area contributed by atoms with Crippen molar-refractivity contribution < 1.29 is 9.57 Å². The van der Waals surface area contributed by atoms with Crippen molar-refractivity contribution in [2.45, 2.75) is 39.7 Å². The lowest BCUT2D eigenvalue weighted by molar-refractivity contribution is 0.0851. The van der Waals surface area contributed by atoms with Gasteiger partial charge in [-0.3, -0.25) is 0 Å². The summed E-state index contributed by atoms with van der Waals surface area (Å²) in [6.45, 7) is 6.72. The summed E-state index contributed by atoms with van der Waals surface area (Å²) in [5.74, 6) is 1.44. The van der Waals surface area contributed by atoms with Crippen molar-refractivity contribution in [3.8, 4) is 5.75 Å². The van der Waals surface area contributed by atoms with Gasteiger partial charge in [0.2, 0.25) is 5.84 Å². The lowest BCUT2D eigenvalue weighted by Gasteiger charge is -2.10. The SMILES string of the molecule is CCCCOc1ccc(C(=NOC(C)C)n2cncn2)cc1. The Kier molecular flexibility index (Phi) is 5.94. The molecule has 1 aromatic carbocycles. The third-order valence-electron chi connectivity index (χ3n) is 2.86. The molecule has 2 rings (SSSR count). The average Bonchev–Trinajstić information content (AvgIpc) is 3.03. The van der Waals surface area contributed by atoms with Crippen LogP contribution < -0.4 is 4.74 Å². The maximum atomic E-state index is 5.66. The van der Waals surface area contributed by atoms with Gasteiger partial charge in [-0.1, -0.05) is 18.5 Å². The highest BCUT2D eigenvalue weighted by molar-refractivity contribution is 5.99. The van der Waals surface area contributed by atoms with Crippen LogP contribution in [-0.2, 0) is 4.84 Å². The van der Waals surface area contributed by atoms with Crippen LogP contribution in [0.3, 0.4) is 0 Å². The van der Waals surface area contributed by atoms with Crippen LogP contribution in [0.2, 0.25) is 0 Å². The summed E-state index contributed by atoms with van der Waals surface area (Å²) in [5.41, 5.74) is 0.883. The van der Waals surface area contributed by atoms with Gasteiger partial charge in [0.05, 0.1) is 6.61 Å². The third kappa shape index (κ3) is 4.58. The van der Waals surface area contributed by atoms with E-state index in [9.17, 15) is 0 Å². The lowest BCUT2D eigenvalue weighted by Crippen LogP contribution is -2.16. The fraction of sp³-hybridized carbons (Fsp3) is 0.438. The van der Waals surface area contributed by atoms with Gasteiger partial charge in [-0.15, -0.1) is 0 Å². The number of unbranched alkanes of at least 4 members (excludes halogenated alkanes) is 1. The molecule has 0 atom stereocenters. The van der Waals surface area contributed by atoms with Gasteiger partial charge in [0.25, 0.3) is 0 Å². The van der Waals surface area contributed by atoms with Crippen LogP contribution >= 0.6 is 0 Å². The monoisotopic (exact) mass is 302 g/mol. The van der Waals surface area contributed by atoms with Crippen LogP contribution in [0.5, 0.6) is 5.75 Å². The smallest absolute Gasteiger partial charge is 0.201 e. The number of benzene rings is 1. The molecule has 0 aliphatic heterocycles. The molecule has 1 heterocycles. The van der Waals surface area contributed by atoms with E-state index in [0.717, 1.165) is 30.8 Å². The first-order valence-corrected chi connectivity index (χ1v) is 7.52. The van der Waals surface area contributed by atoms with E-state index in [1.54, 1.807) is 11.0 Å². The van der Waals surface area contributed by atoms with Crippen LogP contribution in [0.1, 0.15) is 39.2 Å². The van der Waals surface area contributed by atoms with Crippen molar-refractivity contribution in [1.82, 2.24) is 14.8 Å². The van der Waals surface area contributed by atoms with Crippen molar-refractivity contribution in [3.63, 3.8) is 0 Å². The second-order valence-electron chi connectivity index (χ2n) is 5.14. The minimum Gasteiger partial charge on any atom is -0.494 e. The normalized spacial score (nSPS) is 11.7. The number of nitrogens with zero attached hydrogens (tertiary/aromatic N) is 4. The molecule has 0 saturated carbocycles. The van der Waals surface area contributed by atoms with Crippen LogP contribution in [0.25, 0.3) is 0 Å². The summed E-state index contributed by atoms with van der Waals surface area (Å²) in [6, 6.07) is 7.72. The van der Waals surface area contributed by atoms with Gasteiger partial charge < -0.3 is 9.57 Å². The third-order valence-corrected chi connectivity index (χ3v) is 2.86. The second kappa shape index (κ2) is 8.17. The first-order chi connectivity index (χ1) is 10.7. The summed E-state index contributed by atoms with van der Waals surface area (Å²) in [5, 5.41) is 8.29. The van der Waals surface area contributed by atoms with Gasteiger partial charge in [0.1, 0.15) is 24.5 Å². The Morgan fingerprint density at radius 1 is 1.27 bits per heavy atom. The van der Waals surface area contributed by atoms with Crippen molar-refractivity contribution >= 4 is 5.84 Å². The summed E-state index contributed by atoms with van der Waals surface area (Å²) >= 11 is 0. The number of rotatable bonds is 7. The van der Waals surface area contributed by atoms with E-state index in [2.05, 4.69) is 22.2 Å². The molecule has 0 N–H and O–H groups in total. The molecule has 0 amide bonds. The van der Waals surface area contributed by atoms with E-state index in [1.165, 1.54) is 6.33 Å². The quantitative estimate of drug-likeness (QED) is 0.341. The maximum Gasteiger partial charge on any atom is 0.201 e. The molecule has 22 heavy (non-hydrogen) atoms. The van der Waals surface area contributed by atoms with Gasteiger partial charge in [0, 0.05) is 5.56 Å². The summed E-state index contributed by atoms with van der Waals surface area (Å²) in [4.78, 5) is 9.31. The molecule has 0 fully saturated rings. The average molecular weight is 302 g/mol. The Morgan fingerprint density at radius 2 is 2.05 bits per heavy atom. The Morgan fingerprint density at radius 3 is 2.64 bits per heavy atom. The first-order valence-electron chi connectivity index (χ1n) is 7.52. The van der Waals surface area contributed by atoms with Crippen molar-refractivity contribution in [2.24, 2.45) is 5.16 Å². The minimum atomic E-state index is -0.00447. The minimum absolute atomic E-state index is 0.00447. The summed E-state index contributed by atoms with van der Waals surface area (Å²) in [7, 11) is 0. The zero-order valence-electron chi connectivity index (χ0n) is 13.3. The molecule has 0 saturated heterocycles. The molecule has 118 valence electrons. The van der Waals surface area contributed by atoms with E-state index in [1.807, 2.05) is 38.1 Å². The Labute approximate surface area is 130 Å². The number of hydrogen-bond donors (Lipinski definition) is 0. The molecule has 0 radical (unpaired) electrons. The zero-order valence-corrected chi connectivity index (χ0v) is 13.3. The van der Waals surface area contributed by atoms with Crippen LogP contribution in [0.15, 0.2) is 42.1 Å². The molecular formula is C16H22N4O2. The second-order valence-corrected chi connectivity index (χ2v) is 5.14. The molecule has 6 nitrogen and oxygen atoms in total.